The predicted molar refractivity (Wildman–Crippen MR) is 192 cm³/mol. The monoisotopic (exact) mass is 673 g/mol. The third-order valence-corrected chi connectivity index (χ3v) is 9.13. The first kappa shape index (κ1) is 45.0. The van der Waals surface area contributed by atoms with Crippen molar-refractivity contribution in [2.24, 2.45) is 0 Å². The standard InChI is InChI=1S/C37H73N2O6P/c1-6-8-10-12-14-16-17-18-19-20-21-23-25-27-29-31-37(41)38-35(34-45-46(42,43)44-33-32-39(3,4)5)36(40)30-28-26-24-22-15-13-11-9-7-2/h15,22,28,30,35-36,40H,6-14,16-21,23-27,29,31-34H2,1-5H3,(H-,38,41,42,43)/b22-15+,30-28+/t35-,36+/m0/s1. The maximum Gasteiger partial charge on any atom is 0.268 e. The highest BCUT2D eigenvalue weighted by Crippen LogP contribution is 2.38. The molecule has 0 saturated carbocycles. The Labute approximate surface area is 284 Å². The zero-order valence-electron chi connectivity index (χ0n) is 30.5. The van der Waals surface area contributed by atoms with E-state index in [1.807, 2.05) is 27.2 Å². The highest BCUT2D eigenvalue weighted by Gasteiger charge is 2.23. The molecule has 3 atom stereocenters. The van der Waals surface area contributed by atoms with Gasteiger partial charge in [0.25, 0.3) is 7.82 Å². The molecule has 0 rings (SSSR count). The van der Waals surface area contributed by atoms with Gasteiger partial charge in [0.2, 0.25) is 5.91 Å². The van der Waals surface area contributed by atoms with Crippen LogP contribution in [-0.4, -0.2) is 68.5 Å². The van der Waals surface area contributed by atoms with Crippen molar-refractivity contribution in [1.29, 1.82) is 0 Å². The van der Waals surface area contributed by atoms with Crippen LogP contribution in [0, 0.1) is 0 Å². The molecule has 0 saturated heterocycles. The van der Waals surface area contributed by atoms with Crippen LogP contribution in [0.25, 0.3) is 0 Å². The largest absolute Gasteiger partial charge is 0.756 e. The van der Waals surface area contributed by atoms with Gasteiger partial charge in [0.05, 0.1) is 39.9 Å². The maximum atomic E-state index is 12.7. The number of carbonyl (C=O) groups excluding carboxylic acids is 1. The SMILES string of the molecule is CCCCC/C=C/CC/C=C/[C@@H](O)[C@H](COP(=O)([O-])OCC[N+](C)(C)C)NC(=O)CCCCCCCCCCCCCCCCC. The molecule has 0 bridgehead atoms. The van der Waals surface area contributed by atoms with E-state index in [1.54, 1.807) is 6.08 Å². The molecule has 1 amide bonds. The zero-order chi connectivity index (χ0) is 34.4. The van der Waals surface area contributed by atoms with Crippen LogP contribution in [0.5, 0.6) is 0 Å². The van der Waals surface area contributed by atoms with E-state index in [-0.39, 0.29) is 12.5 Å². The summed E-state index contributed by atoms with van der Waals surface area (Å²) in [5.41, 5.74) is 0. The Hall–Kier alpha value is -1.02. The highest BCUT2D eigenvalue weighted by atomic mass is 31.2. The maximum absolute atomic E-state index is 12.7. The Morgan fingerprint density at radius 3 is 1.76 bits per heavy atom. The molecule has 1 unspecified atom stereocenters. The Balaban J connectivity index is 4.49. The highest BCUT2D eigenvalue weighted by molar-refractivity contribution is 7.45. The third kappa shape index (κ3) is 31.6. The molecular weight excluding hydrogens is 599 g/mol. The van der Waals surface area contributed by atoms with Gasteiger partial charge in [-0.25, -0.2) is 0 Å². The van der Waals surface area contributed by atoms with Crippen molar-refractivity contribution in [2.75, 3.05) is 40.9 Å². The van der Waals surface area contributed by atoms with Gasteiger partial charge >= 0.3 is 0 Å². The van der Waals surface area contributed by atoms with Crippen molar-refractivity contribution >= 4 is 13.7 Å². The minimum Gasteiger partial charge on any atom is -0.756 e. The second-order valence-corrected chi connectivity index (χ2v) is 15.3. The van der Waals surface area contributed by atoms with Gasteiger partial charge in [-0.3, -0.25) is 9.36 Å². The molecule has 0 radical (unpaired) electrons. The number of nitrogens with one attached hydrogen (secondary N) is 1. The van der Waals surface area contributed by atoms with E-state index in [0.29, 0.717) is 17.4 Å². The molecule has 0 spiro atoms. The van der Waals surface area contributed by atoms with Crippen LogP contribution in [0.4, 0.5) is 0 Å². The lowest BCUT2D eigenvalue weighted by Gasteiger charge is -2.29. The van der Waals surface area contributed by atoms with E-state index in [2.05, 4.69) is 31.3 Å². The Morgan fingerprint density at radius 2 is 1.22 bits per heavy atom. The number of nitrogens with zero attached hydrogens (tertiary/aromatic N) is 1. The second kappa shape index (κ2) is 30.1. The molecule has 0 aromatic rings. The number of aliphatic hydroxyl groups excluding tert-OH is 1. The number of allylic oxidation sites excluding steroid dienone is 3. The number of hydrogen-bond donors (Lipinski definition) is 2. The van der Waals surface area contributed by atoms with E-state index in [0.717, 1.165) is 38.5 Å². The number of unbranched alkanes of at least 4 members (excludes halogenated alkanes) is 18. The number of quaternary nitrogens is 1. The molecule has 0 aromatic heterocycles. The molecule has 9 heteroatoms. The first-order valence-corrected chi connectivity index (χ1v) is 20.2. The first-order chi connectivity index (χ1) is 22.0. The normalized spacial score (nSPS) is 15.0. The predicted octanol–water partition coefficient (Wildman–Crippen LogP) is 8.77. The molecule has 0 aliphatic carbocycles. The lowest BCUT2D eigenvalue weighted by Crippen LogP contribution is -2.45. The van der Waals surface area contributed by atoms with Crippen molar-refractivity contribution in [2.45, 2.75) is 167 Å². The molecule has 0 fully saturated rings. The van der Waals surface area contributed by atoms with Gasteiger partial charge in [-0.2, -0.15) is 0 Å². The first-order valence-electron chi connectivity index (χ1n) is 18.7. The Morgan fingerprint density at radius 1 is 0.739 bits per heavy atom. The molecule has 0 aliphatic heterocycles. The lowest BCUT2D eigenvalue weighted by molar-refractivity contribution is -0.870. The third-order valence-electron chi connectivity index (χ3n) is 8.16. The van der Waals surface area contributed by atoms with E-state index in [4.69, 9.17) is 9.05 Å². The van der Waals surface area contributed by atoms with E-state index < -0.39 is 26.6 Å². The topological polar surface area (TPSA) is 108 Å². The van der Waals surface area contributed by atoms with Crippen LogP contribution in [0.1, 0.15) is 155 Å². The summed E-state index contributed by atoms with van der Waals surface area (Å²) in [4.78, 5) is 25.1. The summed E-state index contributed by atoms with van der Waals surface area (Å²) >= 11 is 0. The summed E-state index contributed by atoms with van der Waals surface area (Å²) in [7, 11) is 1.24. The van der Waals surface area contributed by atoms with E-state index in [1.165, 1.54) is 96.3 Å². The number of rotatable bonds is 33. The summed E-state index contributed by atoms with van der Waals surface area (Å²) in [6.45, 7) is 4.55. The number of likely N-dealkylation sites (N-methyl/N-ethyl adjacent to an activating group) is 1. The van der Waals surface area contributed by atoms with Gasteiger partial charge in [0, 0.05) is 6.42 Å². The summed E-state index contributed by atoms with van der Waals surface area (Å²) in [6.07, 6.45) is 32.3. The number of aliphatic hydroxyl groups is 1. The number of phosphoric acid groups is 1. The van der Waals surface area contributed by atoms with Crippen LogP contribution in [0.15, 0.2) is 24.3 Å². The van der Waals surface area contributed by atoms with Crippen molar-refractivity contribution in [3.8, 4) is 0 Å². The average molecular weight is 673 g/mol. The fourth-order valence-electron chi connectivity index (χ4n) is 5.11. The van der Waals surface area contributed by atoms with E-state index >= 15 is 0 Å². The fourth-order valence-corrected chi connectivity index (χ4v) is 5.83. The number of amides is 1. The molecule has 46 heavy (non-hydrogen) atoms. The van der Waals surface area contributed by atoms with Gasteiger partial charge in [0.15, 0.2) is 0 Å². The van der Waals surface area contributed by atoms with Gasteiger partial charge < -0.3 is 28.8 Å². The summed E-state index contributed by atoms with van der Waals surface area (Å²) < 4.78 is 23.0. The lowest BCUT2D eigenvalue weighted by atomic mass is 10.0. The summed E-state index contributed by atoms with van der Waals surface area (Å²) in [5, 5.41) is 13.6. The van der Waals surface area contributed by atoms with Crippen LogP contribution in [0.3, 0.4) is 0 Å². The zero-order valence-corrected chi connectivity index (χ0v) is 31.4. The Kier molecular flexibility index (Phi) is 29.4. The van der Waals surface area contributed by atoms with E-state index in [9.17, 15) is 19.4 Å². The van der Waals surface area contributed by atoms with Crippen molar-refractivity contribution in [3.63, 3.8) is 0 Å². The second-order valence-electron chi connectivity index (χ2n) is 13.9. The van der Waals surface area contributed by atoms with Crippen LogP contribution in [0.2, 0.25) is 0 Å². The quantitative estimate of drug-likeness (QED) is 0.0312. The number of hydrogen-bond acceptors (Lipinski definition) is 6. The minimum atomic E-state index is -4.58. The van der Waals surface area contributed by atoms with Gasteiger partial charge in [0.1, 0.15) is 13.2 Å². The van der Waals surface area contributed by atoms with Crippen LogP contribution < -0.4 is 10.2 Å². The molecule has 0 heterocycles. The smallest absolute Gasteiger partial charge is 0.268 e. The molecular formula is C37H73N2O6P. The average Bonchev–Trinajstić information content (AvgIpc) is 2.99. The molecule has 0 aromatic carbocycles. The molecule has 272 valence electrons. The van der Waals surface area contributed by atoms with Gasteiger partial charge in [-0.1, -0.05) is 141 Å². The summed E-state index contributed by atoms with van der Waals surface area (Å²) in [5.74, 6) is -0.211. The molecule has 2 N–H and O–H groups in total. The molecule has 8 nitrogen and oxygen atoms in total. The van der Waals surface area contributed by atoms with Crippen molar-refractivity contribution in [1.82, 2.24) is 5.32 Å². The van der Waals surface area contributed by atoms with Gasteiger partial charge in [-0.05, 0) is 32.1 Å². The fraction of sp³-hybridized carbons (Fsp3) is 0.865. The number of phosphoric ester groups is 1. The van der Waals surface area contributed by atoms with Crippen molar-refractivity contribution in [3.05, 3.63) is 24.3 Å². The van der Waals surface area contributed by atoms with Crippen LogP contribution in [-0.2, 0) is 18.4 Å². The number of carbonyl (C=O) groups is 1. The molecule has 0 aliphatic rings. The Bertz CT molecular complexity index is 814. The summed E-state index contributed by atoms with van der Waals surface area (Å²) in [6, 6.07) is -0.894. The van der Waals surface area contributed by atoms with Gasteiger partial charge in [-0.15, -0.1) is 0 Å². The van der Waals surface area contributed by atoms with Crippen LogP contribution >= 0.6 is 7.82 Å². The minimum absolute atomic E-state index is 0.00504. The van der Waals surface area contributed by atoms with Crippen molar-refractivity contribution < 1.29 is 32.9 Å².